The van der Waals surface area contributed by atoms with Crippen LogP contribution in [0.3, 0.4) is 0 Å². The minimum atomic E-state index is -1.02. The summed E-state index contributed by atoms with van der Waals surface area (Å²) in [6, 6.07) is 15.4. The van der Waals surface area contributed by atoms with Crippen molar-refractivity contribution in [3.8, 4) is 23.2 Å². The maximum atomic E-state index is 13.3. The van der Waals surface area contributed by atoms with Crippen LogP contribution in [0.25, 0.3) is 32.2 Å². The second kappa shape index (κ2) is 12.9. The predicted octanol–water partition coefficient (Wildman–Crippen LogP) is 3.69. The number of benzene rings is 2. The van der Waals surface area contributed by atoms with Crippen LogP contribution in [-0.4, -0.2) is 86.8 Å². The Morgan fingerprint density at radius 3 is 2.75 bits per heavy atom. The minimum absolute atomic E-state index is 0.0590. The molecule has 6 aromatic rings. The number of rotatable bonds is 11. The van der Waals surface area contributed by atoms with Gasteiger partial charge in [-0.05, 0) is 42.8 Å². The molecule has 8 rings (SSSR count). The number of carbonyl (C=O) groups excluding carboxylic acids is 4. The first-order valence-corrected chi connectivity index (χ1v) is 17.0. The number of ether oxygens (including phenoxy) is 2. The molecule has 1 fully saturated rings. The first-order chi connectivity index (χ1) is 24.8. The predicted molar refractivity (Wildman–Crippen MR) is 187 cm³/mol. The molecule has 2 aliphatic rings. The molecule has 51 heavy (non-hydrogen) atoms. The van der Waals surface area contributed by atoms with Gasteiger partial charge in [-0.3, -0.25) is 38.2 Å². The van der Waals surface area contributed by atoms with E-state index in [2.05, 4.69) is 22.0 Å². The number of imidazole rings is 2. The molecule has 0 saturated carbocycles. The van der Waals surface area contributed by atoms with Crippen LogP contribution in [0.2, 0.25) is 0 Å². The summed E-state index contributed by atoms with van der Waals surface area (Å²) in [7, 11) is 1.82. The molecular weight excluding hydrogens is 675 g/mol. The van der Waals surface area contributed by atoms with Crippen molar-refractivity contribution >= 4 is 67.3 Å². The van der Waals surface area contributed by atoms with Gasteiger partial charge in [-0.25, -0.2) is 9.97 Å². The standard InChI is InChI=1S/C35H29N9O6S/c1-37-31-30(40-27-15-19(17-36)9-11-42(27)31)23-18-43-25-16-20(5-7-26(25)51-35(43)39-23)50-14-13-49-12-10-38-22-4-2-3-21-29(22)34(48)44(33(21)47)24-6-8-28(45)41-32(24)46/h2-5,7,9,11,15-16,18,24,37-38H,6,8,10,12-14H2,1H3,(H,41,45,46). The van der Waals surface area contributed by atoms with Crippen molar-refractivity contribution in [2.24, 2.45) is 0 Å². The number of fused-ring (bicyclic) bond motifs is 5. The quantitative estimate of drug-likeness (QED) is 0.132. The summed E-state index contributed by atoms with van der Waals surface area (Å²) in [5, 5.41) is 17.9. The number of carbonyl (C=O) groups is 4. The molecule has 1 atom stereocenters. The Morgan fingerprint density at radius 2 is 1.92 bits per heavy atom. The van der Waals surface area contributed by atoms with Crippen LogP contribution in [0.15, 0.2) is 60.9 Å². The number of pyridine rings is 1. The minimum Gasteiger partial charge on any atom is -0.491 e. The van der Waals surface area contributed by atoms with Crippen LogP contribution >= 0.6 is 11.3 Å². The highest BCUT2D eigenvalue weighted by atomic mass is 32.1. The molecule has 0 radical (unpaired) electrons. The van der Waals surface area contributed by atoms with Crippen molar-refractivity contribution in [3.05, 3.63) is 77.6 Å². The highest BCUT2D eigenvalue weighted by Gasteiger charge is 2.45. The van der Waals surface area contributed by atoms with Gasteiger partial charge in [-0.2, -0.15) is 5.26 Å². The molecule has 15 nitrogen and oxygen atoms in total. The van der Waals surface area contributed by atoms with Gasteiger partial charge in [-0.15, -0.1) is 0 Å². The maximum absolute atomic E-state index is 13.3. The van der Waals surface area contributed by atoms with E-state index in [0.717, 1.165) is 25.9 Å². The van der Waals surface area contributed by atoms with E-state index >= 15 is 0 Å². The van der Waals surface area contributed by atoms with Gasteiger partial charge in [0.1, 0.15) is 41.3 Å². The molecule has 1 saturated heterocycles. The van der Waals surface area contributed by atoms with Crippen LogP contribution in [0.4, 0.5) is 11.5 Å². The fourth-order valence-electron chi connectivity index (χ4n) is 6.45. The molecule has 16 heteroatoms. The topological polar surface area (TPSA) is 184 Å². The van der Waals surface area contributed by atoms with E-state index in [1.54, 1.807) is 41.7 Å². The summed E-state index contributed by atoms with van der Waals surface area (Å²) in [6.07, 6.45) is 3.91. The second-order valence-electron chi connectivity index (χ2n) is 11.9. The zero-order valence-electron chi connectivity index (χ0n) is 27.1. The maximum Gasteiger partial charge on any atom is 0.264 e. The van der Waals surface area contributed by atoms with Crippen LogP contribution in [0, 0.1) is 11.3 Å². The number of piperidine rings is 1. The lowest BCUT2D eigenvalue weighted by molar-refractivity contribution is -0.136. The van der Waals surface area contributed by atoms with Crippen LogP contribution in [0.5, 0.6) is 5.75 Å². The first-order valence-electron chi connectivity index (χ1n) is 16.2. The summed E-state index contributed by atoms with van der Waals surface area (Å²) < 4.78 is 16.7. The molecule has 0 spiro atoms. The van der Waals surface area contributed by atoms with E-state index in [9.17, 15) is 24.4 Å². The van der Waals surface area contributed by atoms with Gasteiger partial charge in [0.25, 0.3) is 11.8 Å². The molecule has 1 unspecified atom stereocenters. The largest absolute Gasteiger partial charge is 0.491 e. The Bertz CT molecular complexity index is 2460. The van der Waals surface area contributed by atoms with Gasteiger partial charge < -0.3 is 20.1 Å². The van der Waals surface area contributed by atoms with E-state index in [0.29, 0.717) is 60.4 Å². The number of thiazole rings is 1. The lowest BCUT2D eigenvalue weighted by Crippen LogP contribution is -2.54. The van der Waals surface area contributed by atoms with Gasteiger partial charge >= 0.3 is 0 Å². The summed E-state index contributed by atoms with van der Waals surface area (Å²) in [5.41, 5.74) is 4.38. The molecule has 0 bridgehead atoms. The van der Waals surface area contributed by atoms with Gasteiger partial charge in [-0.1, -0.05) is 17.4 Å². The van der Waals surface area contributed by atoms with Gasteiger partial charge in [0.15, 0.2) is 4.96 Å². The first kappa shape index (κ1) is 31.9. The average Bonchev–Trinajstić information content (AvgIpc) is 3.87. The Labute approximate surface area is 293 Å². The molecule has 3 N–H and O–H groups in total. The van der Waals surface area contributed by atoms with Crippen molar-refractivity contribution in [3.63, 3.8) is 0 Å². The van der Waals surface area contributed by atoms with Crippen molar-refractivity contribution in [2.75, 3.05) is 44.0 Å². The molecule has 2 aliphatic heterocycles. The van der Waals surface area contributed by atoms with Crippen molar-refractivity contribution in [1.82, 2.24) is 29.0 Å². The number of nitriles is 1. The number of aromatic nitrogens is 4. The van der Waals surface area contributed by atoms with E-state index in [4.69, 9.17) is 19.4 Å². The van der Waals surface area contributed by atoms with E-state index in [1.165, 1.54) is 0 Å². The van der Waals surface area contributed by atoms with Gasteiger partial charge in [0, 0.05) is 44.2 Å². The molecule has 4 amide bonds. The number of nitrogens with zero attached hydrogens (tertiary/aromatic N) is 6. The van der Waals surface area contributed by atoms with Crippen LogP contribution in [0.1, 0.15) is 39.1 Å². The smallest absolute Gasteiger partial charge is 0.264 e. The lowest BCUT2D eigenvalue weighted by atomic mass is 10.0. The summed E-state index contributed by atoms with van der Waals surface area (Å²) in [5.74, 6) is -0.738. The third-order valence-corrected chi connectivity index (χ3v) is 9.86. The number of hydrogen-bond acceptors (Lipinski definition) is 12. The highest BCUT2D eigenvalue weighted by molar-refractivity contribution is 7.23. The summed E-state index contributed by atoms with van der Waals surface area (Å²) in [4.78, 5) is 61.6. The lowest BCUT2D eigenvalue weighted by Gasteiger charge is -2.27. The second-order valence-corrected chi connectivity index (χ2v) is 12.9. The zero-order chi connectivity index (χ0) is 35.2. The summed E-state index contributed by atoms with van der Waals surface area (Å²) >= 11 is 1.56. The Kier molecular flexibility index (Phi) is 8.05. The molecule has 0 aliphatic carbocycles. The zero-order valence-corrected chi connectivity index (χ0v) is 28.0. The Hall–Kier alpha value is -6.31. The monoisotopic (exact) mass is 703 g/mol. The Morgan fingerprint density at radius 1 is 1.04 bits per heavy atom. The van der Waals surface area contributed by atoms with E-state index < -0.39 is 29.7 Å². The SMILES string of the molecule is CNc1c(-c2cn3c(n2)sc2ccc(OCCOCCNc4cccc5c4C(=O)N(C4CCC(=O)NC4=O)C5=O)cc23)nc2cc(C#N)ccn12. The number of amides is 4. The van der Waals surface area contributed by atoms with E-state index in [1.807, 2.05) is 46.4 Å². The van der Waals surface area contributed by atoms with Gasteiger partial charge in [0.05, 0.1) is 46.2 Å². The molecule has 256 valence electrons. The average molecular weight is 704 g/mol. The fourth-order valence-corrected chi connectivity index (χ4v) is 7.44. The third-order valence-electron chi connectivity index (χ3n) is 8.83. The molecule has 4 aromatic heterocycles. The highest BCUT2D eigenvalue weighted by Crippen LogP contribution is 2.35. The molecule has 6 heterocycles. The van der Waals surface area contributed by atoms with Crippen LogP contribution < -0.4 is 20.7 Å². The van der Waals surface area contributed by atoms with Crippen molar-refractivity contribution in [2.45, 2.75) is 18.9 Å². The number of hydrogen-bond donors (Lipinski definition) is 3. The third kappa shape index (κ3) is 5.58. The van der Waals surface area contributed by atoms with Gasteiger partial charge in [0.2, 0.25) is 11.8 Å². The fraction of sp³-hybridized carbons (Fsp3) is 0.229. The summed E-state index contributed by atoms with van der Waals surface area (Å²) in [6.45, 7) is 1.29. The number of imide groups is 2. The molecule has 2 aromatic carbocycles. The van der Waals surface area contributed by atoms with Crippen molar-refractivity contribution in [1.29, 1.82) is 5.26 Å². The van der Waals surface area contributed by atoms with Crippen molar-refractivity contribution < 1.29 is 28.7 Å². The number of anilines is 2. The number of nitrogens with one attached hydrogen (secondary N) is 3. The Balaban J connectivity index is 0.873. The van der Waals surface area contributed by atoms with E-state index in [-0.39, 0.29) is 24.0 Å². The molecular formula is C35H29N9O6S. The normalized spacial score (nSPS) is 15.8. The van der Waals surface area contributed by atoms with Crippen LogP contribution in [-0.2, 0) is 14.3 Å².